The van der Waals surface area contributed by atoms with Crippen molar-refractivity contribution in [3.63, 3.8) is 0 Å². The highest BCUT2D eigenvalue weighted by atomic mass is 32.1. The van der Waals surface area contributed by atoms with E-state index >= 15 is 0 Å². The lowest BCUT2D eigenvalue weighted by Gasteiger charge is -2.10. The first-order valence-corrected chi connectivity index (χ1v) is 7.68. The average molecular weight is 331 g/mol. The fourth-order valence-corrected chi connectivity index (χ4v) is 3.28. The molecule has 0 unspecified atom stereocenters. The van der Waals surface area contributed by atoms with Gasteiger partial charge in [0.05, 0.1) is 22.6 Å². The summed E-state index contributed by atoms with van der Waals surface area (Å²) in [6, 6.07) is 3.83. The maximum atomic E-state index is 14.3. The van der Waals surface area contributed by atoms with Gasteiger partial charge in [-0.3, -0.25) is 4.79 Å². The molecule has 1 aromatic carbocycles. The van der Waals surface area contributed by atoms with Crippen LogP contribution < -0.4 is 0 Å². The Bertz CT molecular complexity index is 895. The lowest BCUT2D eigenvalue weighted by molar-refractivity contribution is 0.112. The summed E-state index contributed by atoms with van der Waals surface area (Å²) in [5, 5.41) is 13.7. The minimum absolute atomic E-state index is 0.166. The molecule has 3 aromatic rings. The minimum Gasteiger partial charge on any atom is -0.508 e. The van der Waals surface area contributed by atoms with Crippen LogP contribution in [0, 0.1) is 26.6 Å². The van der Waals surface area contributed by atoms with Gasteiger partial charge in [0.2, 0.25) is 0 Å². The van der Waals surface area contributed by atoms with Gasteiger partial charge < -0.3 is 5.11 Å². The summed E-state index contributed by atoms with van der Waals surface area (Å²) in [7, 11) is 0. The summed E-state index contributed by atoms with van der Waals surface area (Å²) in [5.74, 6) is -0.790. The number of aromatic nitrogens is 3. The van der Waals surface area contributed by atoms with Crippen LogP contribution in [0.2, 0.25) is 0 Å². The number of aryl methyl sites for hydroxylation is 3. The van der Waals surface area contributed by atoms with E-state index in [0.29, 0.717) is 17.0 Å². The monoisotopic (exact) mass is 331 g/mol. The topological polar surface area (TPSA) is 68.0 Å². The number of halogens is 1. The maximum absolute atomic E-state index is 14.3. The Kier molecular flexibility index (Phi) is 3.73. The number of hydrogen-bond acceptors (Lipinski definition) is 5. The summed E-state index contributed by atoms with van der Waals surface area (Å²) in [6.07, 6.45) is 0.725. The normalized spacial score (nSPS) is 11.0. The molecule has 0 saturated heterocycles. The van der Waals surface area contributed by atoms with Crippen molar-refractivity contribution in [1.29, 1.82) is 0 Å². The molecule has 0 radical (unpaired) electrons. The van der Waals surface area contributed by atoms with E-state index in [0.717, 1.165) is 28.5 Å². The first-order chi connectivity index (χ1) is 10.9. The molecule has 3 rings (SSSR count). The Hall–Kier alpha value is -2.54. The number of aldehydes is 1. The molecule has 0 amide bonds. The number of carbonyl (C=O) groups is 1. The highest BCUT2D eigenvalue weighted by Gasteiger charge is 2.23. The molecule has 5 nitrogen and oxygen atoms in total. The largest absolute Gasteiger partial charge is 0.508 e. The van der Waals surface area contributed by atoms with E-state index in [1.807, 2.05) is 13.8 Å². The van der Waals surface area contributed by atoms with E-state index in [-0.39, 0.29) is 11.4 Å². The second-order valence-corrected chi connectivity index (χ2v) is 6.19. The molecule has 23 heavy (non-hydrogen) atoms. The van der Waals surface area contributed by atoms with E-state index in [2.05, 4.69) is 9.47 Å². The van der Waals surface area contributed by atoms with Gasteiger partial charge in [-0.15, -0.1) is 0 Å². The number of carbonyl (C=O) groups excluding carboxylic acids is 1. The quantitative estimate of drug-likeness (QED) is 0.745. The number of aromatic hydroxyl groups is 1. The molecule has 2 aromatic heterocycles. The zero-order chi connectivity index (χ0) is 16.7. The van der Waals surface area contributed by atoms with Crippen LogP contribution in [-0.2, 0) is 0 Å². The van der Waals surface area contributed by atoms with Crippen molar-refractivity contribution in [2.24, 2.45) is 0 Å². The van der Waals surface area contributed by atoms with Crippen molar-refractivity contribution in [3.8, 4) is 22.7 Å². The molecule has 0 atom stereocenters. The second kappa shape index (κ2) is 5.58. The lowest BCUT2D eigenvalue weighted by atomic mass is 10.1. The first kappa shape index (κ1) is 15.4. The summed E-state index contributed by atoms with van der Waals surface area (Å²) in [6.45, 7) is 5.44. The third-order valence-electron chi connectivity index (χ3n) is 3.65. The molecule has 0 bridgehead atoms. The van der Waals surface area contributed by atoms with Gasteiger partial charge in [0.1, 0.15) is 11.4 Å². The molecular weight excluding hydrogens is 317 g/mol. The fourth-order valence-electron chi connectivity index (χ4n) is 2.58. The van der Waals surface area contributed by atoms with Gasteiger partial charge in [0.25, 0.3) is 0 Å². The van der Waals surface area contributed by atoms with Gasteiger partial charge in [-0.05, 0) is 44.4 Å². The summed E-state index contributed by atoms with van der Waals surface area (Å²) in [4.78, 5) is 12.5. The molecule has 1 N–H and O–H groups in total. The van der Waals surface area contributed by atoms with Crippen molar-refractivity contribution < 1.29 is 14.3 Å². The maximum Gasteiger partial charge on any atom is 0.154 e. The average Bonchev–Trinajstić information content (AvgIpc) is 2.98. The molecule has 0 aliphatic carbocycles. The van der Waals surface area contributed by atoms with Gasteiger partial charge in [0, 0.05) is 16.5 Å². The van der Waals surface area contributed by atoms with E-state index in [9.17, 15) is 14.3 Å². The van der Waals surface area contributed by atoms with Crippen LogP contribution in [0.3, 0.4) is 0 Å². The summed E-state index contributed by atoms with van der Waals surface area (Å²) < 4.78 is 20.0. The molecule has 0 aliphatic heterocycles. The molecule has 0 spiro atoms. The number of hydrogen-bond donors (Lipinski definition) is 1. The van der Waals surface area contributed by atoms with Crippen LogP contribution in [-0.4, -0.2) is 25.5 Å². The SMILES string of the molecule is Cc1nn(-c2ccc(O)cc2F)c(-c2c(C)nsc2C)c1C=O. The first-order valence-electron chi connectivity index (χ1n) is 6.91. The van der Waals surface area contributed by atoms with Crippen molar-refractivity contribution in [1.82, 2.24) is 14.2 Å². The van der Waals surface area contributed by atoms with Crippen molar-refractivity contribution in [3.05, 3.63) is 45.8 Å². The number of phenolic OH excluding ortho intramolecular Hbond substituents is 1. The van der Waals surface area contributed by atoms with Crippen molar-refractivity contribution in [2.75, 3.05) is 0 Å². The van der Waals surface area contributed by atoms with Gasteiger partial charge in [-0.25, -0.2) is 9.07 Å². The van der Waals surface area contributed by atoms with Crippen LogP contribution in [0.5, 0.6) is 5.75 Å². The highest BCUT2D eigenvalue weighted by Crippen LogP contribution is 2.35. The van der Waals surface area contributed by atoms with Crippen LogP contribution >= 0.6 is 11.5 Å². The van der Waals surface area contributed by atoms with Crippen molar-refractivity contribution in [2.45, 2.75) is 20.8 Å². The Labute approximate surface area is 136 Å². The number of rotatable bonds is 3. The smallest absolute Gasteiger partial charge is 0.154 e. The Morgan fingerprint density at radius 3 is 2.57 bits per heavy atom. The zero-order valence-corrected chi connectivity index (χ0v) is 13.6. The van der Waals surface area contributed by atoms with Crippen LogP contribution in [0.15, 0.2) is 18.2 Å². The Morgan fingerprint density at radius 1 is 1.26 bits per heavy atom. The number of nitrogens with zero attached hydrogens (tertiary/aromatic N) is 3. The van der Waals surface area contributed by atoms with Crippen LogP contribution in [0.4, 0.5) is 4.39 Å². The number of benzene rings is 1. The lowest BCUT2D eigenvalue weighted by Crippen LogP contribution is -2.03. The van der Waals surface area contributed by atoms with Crippen molar-refractivity contribution >= 4 is 17.8 Å². The third-order valence-corrected chi connectivity index (χ3v) is 4.50. The van der Waals surface area contributed by atoms with Crippen LogP contribution in [0.1, 0.15) is 26.6 Å². The predicted molar refractivity (Wildman–Crippen MR) is 85.9 cm³/mol. The third kappa shape index (κ3) is 2.43. The zero-order valence-electron chi connectivity index (χ0n) is 12.8. The molecular formula is C16H14FN3O2S. The summed E-state index contributed by atoms with van der Waals surface area (Å²) >= 11 is 1.32. The second-order valence-electron chi connectivity index (χ2n) is 5.21. The fraction of sp³-hybridized carbons (Fsp3) is 0.188. The molecule has 0 aliphatic rings. The number of phenols is 1. The standard InChI is InChI=1S/C16H14FN3O2S/c1-8-12(7-21)16(15-9(2)19-23-10(15)3)20(18-8)14-5-4-11(22)6-13(14)17/h4-7,22H,1-3H3. The van der Waals surface area contributed by atoms with E-state index in [1.165, 1.54) is 28.3 Å². The van der Waals surface area contributed by atoms with E-state index in [1.54, 1.807) is 6.92 Å². The Morgan fingerprint density at radius 2 is 2.00 bits per heavy atom. The molecule has 7 heteroatoms. The van der Waals surface area contributed by atoms with Gasteiger partial charge in [-0.1, -0.05) is 0 Å². The van der Waals surface area contributed by atoms with Gasteiger partial charge in [-0.2, -0.15) is 9.47 Å². The van der Waals surface area contributed by atoms with E-state index in [4.69, 9.17) is 0 Å². The van der Waals surface area contributed by atoms with E-state index < -0.39 is 5.82 Å². The molecule has 0 fully saturated rings. The minimum atomic E-state index is -0.621. The molecule has 118 valence electrons. The predicted octanol–water partition coefficient (Wildman–Crippen LogP) is 3.58. The highest BCUT2D eigenvalue weighted by molar-refractivity contribution is 7.06. The van der Waals surface area contributed by atoms with Gasteiger partial charge >= 0.3 is 0 Å². The molecule has 0 saturated carbocycles. The molecule has 2 heterocycles. The summed E-state index contributed by atoms with van der Waals surface area (Å²) in [5.41, 5.74) is 3.14. The van der Waals surface area contributed by atoms with Gasteiger partial charge in [0.15, 0.2) is 12.1 Å². The Balaban J connectivity index is 2.37. The van der Waals surface area contributed by atoms with Crippen LogP contribution in [0.25, 0.3) is 16.9 Å².